The van der Waals surface area contributed by atoms with E-state index in [1.807, 2.05) is 60.7 Å². The number of anilines is 1. The minimum absolute atomic E-state index is 0.0999. The zero-order valence-electron chi connectivity index (χ0n) is 24.9. The molecule has 0 spiro atoms. The van der Waals surface area contributed by atoms with E-state index in [4.69, 9.17) is 12.5 Å². The van der Waals surface area contributed by atoms with Crippen LogP contribution >= 0.6 is 0 Å². The fraction of sp³-hybridized carbons (Fsp3) is 0.200. The number of fused-ring (bicyclic) bond motifs is 4. The lowest BCUT2D eigenvalue weighted by atomic mass is 9.95. The predicted octanol–water partition coefficient (Wildman–Crippen LogP) is 7.90. The molecular formula is C35H31N3O2. The van der Waals surface area contributed by atoms with Gasteiger partial charge in [0.1, 0.15) is 22.9 Å². The van der Waals surface area contributed by atoms with Crippen LogP contribution < -0.4 is 9.64 Å². The van der Waals surface area contributed by atoms with Crippen LogP contribution in [0.5, 0.6) is 17.4 Å². The summed E-state index contributed by atoms with van der Waals surface area (Å²) < 4.78 is 24.5. The molecule has 5 nitrogen and oxygen atoms in total. The molecule has 0 bridgehead atoms. The first-order valence-corrected chi connectivity index (χ1v) is 13.6. The minimum Gasteiger partial charge on any atom is -0.506 e. The Labute approximate surface area is 237 Å². The zero-order chi connectivity index (χ0) is 29.3. The van der Waals surface area contributed by atoms with E-state index in [-0.39, 0.29) is 11.8 Å². The maximum absolute atomic E-state index is 10.3. The number of benzene rings is 4. The number of nitrogens with zero attached hydrogens (tertiary/aromatic N) is 3. The molecule has 0 radical (unpaired) electrons. The summed E-state index contributed by atoms with van der Waals surface area (Å²) in [4.78, 5) is 11.9. The van der Waals surface area contributed by atoms with E-state index in [2.05, 4.69) is 43.6 Å². The van der Waals surface area contributed by atoms with Crippen LogP contribution in [0.25, 0.3) is 10.9 Å². The zero-order valence-corrected chi connectivity index (χ0v) is 22.9. The quantitative estimate of drug-likeness (QED) is 0.258. The first-order chi connectivity index (χ1) is 20.1. The number of ether oxygens (including phenoxy) is 1. The largest absolute Gasteiger partial charge is 0.506 e. The molecule has 1 aliphatic carbocycles. The standard InChI is InChI=1S/C35H31N3O2/c1-20-17-21(2)23(4)33(22(20)3)38-34-28-13-6-5-9-25(28)19-29(34)36-35(38)26-11-7-12-27(18-26)40-31-16-15-24-10-8-14-30(39)32(24)37-31/h5-18,29,34,39H,19H2,1-4H3/t29-,34+/m0/s1/i19D2. The van der Waals surface area contributed by atoms with Crippen molar-refractivity contribution in [1.29, 1.82) is 0 Å². The molecule has 1 N–H and O–H groups in total. The van der Waals surface area contributed by atoms with Gasteiger partial charge in [0, 0.05) is 25.4 Å². The molecule has 1 aromatic heterocycles. The number of hydrogen-bond acceptors (Lipinski definition) is 5. The second-order valence-corrected chi connectivity index (χ2v) is 10.7. The molecule has 7 rings (SSSR count). The van der Waals surface area contributed by atoms with E-state index >= 15 is 0 Å². The van der Waals surface area contributed by atoms with Crippen molar-refractivity contribution < 1.29 is 12.6 Å². The summed E-state index contributed by atoms with van der Waals surface area (Å²) in [5.74, 6) is 1.76. The number of aromatic nitrogens is 1. The number of pyridine rings is 1. The summed E-state index contributed by atoms with van der Waals surface area (Å²) >= 11 is 0. The molecule has 0 unspecified atom stereocenters. The van der Waals surface area contributed by atoms with Gasteiger partial charge in [-0.25, -0.2) is 4.98 Å². The van der Waals surface area contributed by atoms with Gasteiger partial charge in [-0.15, -0.1) is 0 Å². The lowest BCUT2D eigenvalue weighted by Gasteiger charge is -2.32. The van der Waals surface area contributed by atoms with E-state index in [1.165, 1.54) is 11.1 Å². The van der Waals surface area contributed by atoms with Crippen LogP contribution in [0.1, 0.15) is 47.7 Å². The number of rotatable bonds is 4. The minimum atomic E-state index is -1.62. The first kappa shape index (κ1) is 22.2. The lowest BCUT2D eigenvalue weighted by Crippen LogP contribution is -2.33. The van der Waals surface area contributed by atoms with Gasteiger partial charge in [-0.1, -0.05) is 54.6 Å². The van der Waals surface area contributed by atoms with E-state index in [9.17, 15) is 5.11 Å². The second kappa shape index (κ2) is 9.23. The maximum Gasteiger partial charge on any atom is 0.219 e. The number of phenolic OH excluding ortho intramolecular Hbond substituents is 1. The molecule has 2 heterocycles. The fourth-order valence-electron chi connectivity index (χ4n) is 6.01. The number of amidine groups is 1. The van der Waals surface area contributed by atoms with Crippen LogP contribution in [0.15, 0.2) is 89.9 Å². The molecule has 40 heavy (non-hydrogen) atoms. The molecule has 5 aromatic rings. The summed E-state index contributed by atoms with van der Waals surface area (Å²) in [5.41, 5.74) is 8.74. The molecule has 0 saturated heterocycles. The van der Waals surface area contributed by atoms with Gasteiger partial charge in [0.2, 0.25) is 5.88 Å². The van der Waals surface area contributed by atoms with E-state index < -0.39 is 12.4 Å². The topological polar surface area (TPSA) is 58.0 Å². The molecule has 0 fully saturated rings. The smallest absolute Gasteiger partial charge is 0.219 e. The molecule has 2 aliphatic rings. The van der Waals surface area contributed by atoms with Crippen LogP contribution in [-0.2, 0) is 6.37 Å². The number of aromatic hydroxyl groups is 1. The van der Waals surface area contributed by atoms with Crippen molar-refractivity contribution in [3.05, 3.63) is 124 Å². The van der Waals surface area contributed by atoms with Crippen molar-refractivity contribution in [1.82, 2.24) is 4.98 Å². The van der Waals surface area contributed by atoms with Crippen molar-refractivity contribution in [2.45, 2.75) is 46.2 Å². The van der Waals surface area contributed by atoms with Gasteiger partial charge in [-0.05, 0) is 91.7 Å². The highest BCUT2D eigenvalue weighted by molar-refractivity contribution is 6.13. The fourth-order valence-corrected chi connectivity index (χ4v) is 6.01. The highest BCUT2D eigenvalue weighted by Gasteiger charge is 2.44. The van der Waals surface area contributed by atoms with E-state index in [0.29, 0.717) is 28.5 Å². The normalized spacial score (nSPS) is 19.6. The van der Waals surface area contributed by atoms with Gasteiger partial charge in [0.15, 0.2) is 0 Å². The van der Waals surface area contributed by atoms with Crippen LogP contribution in [0.2, 0.25) is 0 Å². The van der Waals surface area contributed by atoms with Crippen molar-refractivity contribution in [3.63, 3.8) is 0 Å². The van der Waals surface area contributed by atoms with Crippen LogP contribution in [0.3, 0.4) is 0 Å². The molecule has 0 amide bonds. The number of aliphatic imine (C=N–C) groups is 1. The number of phenols is 1. The van der Waals surface area contributed by atoms with Gasteiger partial charge >= 0.3 is 0 Å². The van der Waals surface area contributed by atoms with Gasteiger partial charge in [-0.2, -0.15) is 0 Å². The Morgan fingerprint density at radius 2 is 1.65 bits per heavy atom. The van der Waals surface area contributed by atoms with E-state index in [1.54, 1.807) is 18.2 Å². The predicted molar refractivity (Wildman–Crippen MR) is 161 cm³/mol. The monoisotopic (exact) mass is 527 g/mol. The summed E-state index contributed by atoms with van der Waals surface area (Å²) in [6, 6.07) is 25.8. The SMILES string of the molecule is [2H]C1([2H])c2ccccc2[C@@H]2[C@H]1N=C(c1cccc(Oc3ccc4cccc(O)c4n3)c1)N2c1c(C)c(C)cc(C)c1C. The van der Waals surface area contributed by atoms with Gasteiger partial charge in [-0.3, -0.25) is 4.99 Å². The molecule has 1 aliphatic heterocycles. The summed E-state index contributed by atoms with van der Waals surface area (Å²) in [6.45, 7) is 8.52. The Bertz CT molecular complexity index is 1910. The summed E-state index contributed by atoms with van der Waals surface area (Å²) in [6.07, 6.45) is -1.62. The molecule has 0 saturated carbocycles. The van der Waals surface area contributed by atoms with Crippen LogP contribution in [0.4, 0.5) is 5.69 Å². The Kier molecular flexibility index (Phi) is 5.12. The average Bonchev–Trinajstić information content (AvgIpc) is 3.47. The third-order valence-corrected chi connectivity index (χ3v) is 8.21. The molecule has 198 valence electrons. The third kappa shape index (κ3) is 3.84. The highest BCUT2D eigenvalue weighted by atomic mass is 16.5. The number of hydrogen-bond donors (Lipinski definition) is 1. The molecule has 4 aromatic carbocycles. The molecular weight excluding hydrogens is 494 g/mol. The van der Waals surface area contributed by atoms with E-state index in [0.717, 1.165) is 33.3 Å². The molecule has 2 atom stereocenters. The lowest BCUT2D eigenvalue weighted by molar-refractivity contribution is 0.460. The Hall–Kier alpha value is -4.64. The average molecular weight is 528 g/mol. The second-order valence-electron chi connectivity index (χ2n) is 10.7. The Morgan fingerprint density at radius 1 is 0.875 bits per heavy atom. The third-order valence-electron chi connectivity index (χ3n) is 8.21. The van der Waals surface area contributed by atoms with Gasteiger partial charge < -0.3 is 14.7 Å². The van der Waals surface area contributed by atoms with Crippen LogP contribution in [0, 0.1) is 27.7 Å². The summed E-state index contributed by atoms with van der Waals surface area (Å²) in [5, 5.41) is 11.1. The van der Waals surface area contributed by atoms with Crippen molar-refractivity contribution in [3.8, 4) is 17.4 Å². The van der Waals surface area contributed by atoms with Gasteiger partial charge in [0.25, 0.3) is 0 Å². The van der Waals surface area contributed by atoms with Crippen molar-refractivity contribution in [2.24, 2.45) is 4.99 Å². The first-order valence-electron chi connectivity index (χ1n) is 14.6. The highest BCUT2D eigenvalue weighted by Crippen LogP contribution is 2.47. The van der Waals surface area contributed by atoms with Crippen molar-refractivity contribution >= 4 is 22.4 Å². The van der Waals surface area contributed by atoms with Crippen molar-refractivity contribution in [2.75, 3.05) is 4.90 Å². The van der Waals surface area contributed by atoms with Crippen LogP contribution in [-0.4, -0.2) is 22.0 Å². The number of aryl methyl sites for hydroxylation is 2. The number of para-hydroxylation sites is 1. The van der Waals surface area contributed by atoms with Gasteiger partial charge in [0.05, 0.1) is 12.1 Å². The Morgan fingerprint density at radius 3 is 2.48 bits per heavy atom. The maximum atomic E-state index is 10.3. The molecule has 5 heteroatoms. The summed E-state index contributed by atoms with van der Waals surface area (Å²) in [7, 11) is 0. The Balaban J connectivity index is 1.36.